The first-order valence-corrected chi connectivity index (χ1v) is 9.90. The lowest BCUT2D eigenvalue weighted by Gasteiger charge is -2.24. The van der Waals surface area contributed by atoms with Gasteiger partial charge in [-0.15, -0.1) is 0 Å². The van der Waals surface area contributed by atoms with E-state index in [4.69, 9.17) is 0 Å². The molecular formula is C21H20NO2P. The zero-order chi connectivity index (χ0) is 17.7. The maximum atomic E-state index is 13.9. The monoisotopic (exact) mass is 349 g/mol. The first kappa shape index (κ1) is 17.3. The van der Waals surface area contributed by atoms with Crippen molar-refractivity contribution < 1.29 is 9.36 Å². The van der Waals surface area contributed by atoms with Gasteiger partial charge < -0.3 is 0 Å². The number of carbonyl (C=O) groups is 1. The maximum Gasteiger partial charge on any atom is 0.205 e. The molecule has 3 rings (SSSR count). The Balaban J connectivity index is 1.96. The van der Waals surface area contributed by atoms with Crippen molar-refractivity contribution in [1.82, 2.24) is 5.09 Å². The largest absolute Gasteiger partial charge is 0.297 e. The number of carbonyl (C=O) groups excluding carboxylic acids is 1. The molecule has 3 nitrogen and oxygen atoms in total. The average molecular weight is 349 g/mol. The van der Waals surface area contributed by atoms with E-state index in [1.165, 1.54) is 0 Å². The molecule has 0 saturated heterocycles. The molecule has 126 valence electrons. The molecule has 4 heteroatoms. The molecule has 0 aromatic heterocycles. The Hall–Kier alpha value is -2.48. The van der Waals surface area contributed by atoms with Gasteiger partial charge >= 0.3 is 0 Å². The number of benzene rings is 3. The summed E-state index contributed by atoms with van der Waals surface area (Å²) in [4.78, 5) is 12.7. The van der Waals surface area contributed by atoms with Crippen molar-refractivity contribution in [1.29, 1.82) is 0 Å². The molecule has 25 heavy (non-hydrogen) atoms. The average Bonchev–Trinajstić information content (AvgIpc) is 2.69. The molecule has 0 fully saturated rings. The molecule has 0 aliphatic rings. The SMILES string of the molecule is CC(NP(=O)(c1ccccc1)c1ccccc1)C(=O)c1ccccc1. The number of Topliss-reactive ketones (excluding diaryl/α,β-unsaturated/α-hetero) is 1. The van der Waals surface area contributed by atoms with E-state index >= 15 is 0 Å². The van der Waals surface area contributed by atoms with Gasteiger partial charge in [0.15, 0.2) is 5.78 Å². The molecular weight excluding hydrogens is 329 g/mol. The van der Waals surface area contributed by atoms with Gasteiger partial charge in [0.1, 0.15) is 0 Å². The van der Waals surface area contributed by atoms with Crippen LogP contribution in [0.3, 0.4) is 0 Å². The lowest BCUT2D eigenvalue weighted by Crippen LogP contribution is -2.38. The lowest BCUT2D eigenvalue weighted by molar-refractivity contribution is 0.0961. The van der Waals surface area contributed by atoms with Crippen LogP contribution in [0.1, 0.15) is 17.3 Å². The van der Waals surface area contributed by atoms with E-state index in [2.05, 4.69) is 5.09 Å². The second kappa shape index (κ2) is 7.60. The molecule has 0 saturated carbocycles. The summed E-state index contributed by atoms with van der Waals surface area (Å²) >= 11 is 0. The maximum absolute atomic E-state index is 13.9. The second-order valence-electron chi connectivity index (χ2n) is 5.86. The van der Waals surface area contributed by atoms with Crippen molar-refractivity contribution in [3.8, 4) is 0 Å². The Kier molecular flexibility index (Phi) is 5.28. The van der Waals surface area contributed by atoms with E-state index in [0.717, 1.165) is 0 Å². The van der Waals surface area contributed by atoms with Gasteiger partial charge in [0.05, 0.1) is 6.04 Å². The second-order valence-corrected chi connectivity index (χ2v) is 8.37. The summed E-state index contributed by atoms with van der Waals surface area (Å²) in [6, 6.07) is 27.0. The van der Waals surface area contributed by atoms with Gasteiger partial charge in [-0.1, -0.05) is 66.7 Å². The Morgan fingerprint density at radius 1 is 0.760 bits per heavy atom. The van der Waals surface area contributed by atoms with Gasteiger partial charge in [0.2, 0.25) is 7.29 Å². The minimum absolute atomic E-state index is 0.0762. The molecule has 0 aliphatic carbocycles. The van der Waals surface area contributed by atoms with Crippen LogP contribution in [0.5, 0.6) is 0 Å². The lowest BCUT2D eigenvalue weighted by atomic mass is 10.1. The number of hydrogen-bond acceptors (Lipinski definition) is 2. The van der Waals surface area contributed by atoms with Crippen molar-refractivity contribution in [2.75, 3.05) is 0 Å². The normalized spacial score (nSPS) is 12.5. The third-order valence-electron chi connectivity index (χ3n) is 4.07. The highest BCUT2D eigenvalue weighted by molar-refractivity contribution is 7.77. The zero-order valence-electron chi connectivity index (χ0n) is 14.0. The van der Waals surface area contributed by atoms with Crippen molar-refractivity contribution in [3.63, 3.8) is 0 Å². The van der Waals surface area contributed by atoms with Crippen LogP contribution in [0.4, 0.5) is 0 Å². The predicted molar refractivity (Wildman–Crippen MR) is 103 cm³/mol. The van der Waals surface area contributed by atoms with E-state index in [1.54, 1.807) is 19.1 Å². The molecule has 0 spiro atoms. The summed E-state index contributed by atoms with van der Waals surface area (Å²) in [6.45, 7) is 1.76. The van der Waals surface area contributed by atoms with Crippen LogP contribution in [-0.4, -0.2) is 11.8 Å². The van der Waals surface area contributed by atoms with Gasteiger partial charge in [0, 0.05) is 16.2 Å². The van der Waals surface area contributed by atoms with Crippen molar-refractivity contribution >= 4 is 23.7 Å². The Bertz CT molecular complexity index is 836. The summed E-state index contributed by atoms with van der Waals surface area (Å²) in [5.41, 5.74) is 0.607. The third-order valence-corrected chi connectivity index (χ3v) is 6.87. The smallest absolute Gasteiger partial charge is 0.205 e. The van der Waals surface area contributed by atoms with E-state index in [-0.39, 0.29) is 5.78 Å². The van der Waals surface area contributed by atoms with Crippen molar-refractivity contribution in [2.24, 2.45) is 0 Å². The highest BCUT2D eigenvalue weighted by Crippen LogP contribution is 2.39. The molecule has 3 aromatic rings. The molecule has 1 N–H and O–H groups in total. The topological polar surface area (TPSA) is 46.2 Å². The fourth-order valence-electron chi connectivity index (χ4n) is 2.76. The fourth-order valence-corrected chi connectivity index (χ4v) is 5.20. The highest BCUT2D eigenvalue weighted by Gasteiger charge is 2.31. The first-order chi connectivity index (χ1) is 12.1. The predicted octanol–water partition coefficient (Wildman–Crippen LogP) is 3.78. The Morgan fingerprint density at radius 2 is 1.16 bits per heavy atom. The number of rotatable bonds is 6. The molecule has 0 amide bonds. The van der Waals surface area contributed by atoms with Gasteiger partial charge in [-0.05, 0) is 31.2 Å². The summed E-state index contributed by atoms with van der Waals surface area (Å²) in [5.74, 6) is -0.0762. The minimum Gasteiger partial charge on any atom is -0.297 e. The van der Waals surface area contributed by atoms with Gasteiger partial charge in [-0.3, -0.25) is 9.36 Å². The van der Waals surface area contributed by atoms with E-state index in [0.29, 0.717) is 16.2 Å². The number of nitrogens with one attached hydrogen (secondary N) is 1. The number of ketones is 1. The summed E-state index contributed by atoms with van der Waals surface area (Å²) in [7, 11) is -3.13. The molecule has 0 aliphatic heterocycles. The van der Waals surface area contributed by atoms with Crippen LogP contribution in [0.2, 0.25) is 0 Å². The van der Waals surface area contributed by atoms with Crippen LogP contribution in [0.15, 0.2) is 91.0 Å². The molecule has 0 heterocycles. The summed E-state index contributed by atoms with van der Waals surface area (Å²) in [5, 5.41) is 4.51. The standard InChI is InChI=1S/C21H20NO2P/c1-17(21(23)18-11-5-2-6-12-18)22-25(24,19-13-7-3-8-14-19)20-15-9-4-10-16-20/h2-17H,1H3,(H,22,24). The molecule has 3 aromatic carbocycles. The third kappa shape index (κ3) is 3.79. The molecule has 1 atom stereocenters. The van der Waals surface area contributed by atoms with Crippen molar-refractivity contribution in [2.45, 2.75) is 13.0 Å². The summed E-state index contributed by atoms with van der Waals surface area (Å²) in [6.07, 6.45) is 0. The van der Waals surface area contributed by atoms with Crippen LogP contribution >= 0.6 is 7.29 Å². The Labute approximate surface area is 148 Å². The van der Waals surface area contributed by atoms with Crippen molar-refractivity contribution in [3.05, 3.63) is 96.6 Å². The first-order valence-electron chi connectivity index (χ1n) is 8.19. The highest BCUT2D eigenvalue weighted by atomic mass is 31.2. The molecule has 0 bridgehead atoms. The van der Waals surface area contributed by atoms with E-state index < -0.39 is 13.3 Å². The van der Waals surface area contributed by atoms with Crippen LogP contribution in [-0.2, 0) is 4.57 Å². The minimum atomic E-state index is -3.13. The van der Waals surface area contributed by atoms with E-state index in [1.807, 2.05) is 78.9 Å². The zero-order valence-corrected chi connectivity index (χ0v) is 14.9. The molecule has 1 unspecified atom stereocenters. The fraction of sp³-hybridized carbons (Fsp3) is 0.0952. The number of hydrogen-bond donors (Lipinski definition) is 1. The Morgan fingerprint density at radius 3 is 1.60 bits per heavy atom. The van der Waals surface area contributed by atoms with Crippen LogP contribution in [0.25, 0.3) is 0 Å². The van der Waals surface area contributed by atoms with Gasteiger partial charge in [-0.25, -0.2) is 5.09 Å². The van der Waals surface area contributed by atoms with Crippen LogP contribution < -0.4 is 15.7 Å². The van der Waals surface area contributed by atoms with Gasteiger partial charge in [-0.2, -0.15) is 0 Å². The van der Waals surface area contributed by atoms with Gasteiger partial charge in [0.25, 0.3) is 0 Å². The van der Waals surface area contributed by atoms with Crippen LogP contribution in [0, 0.1) is 0 Å². The molecule has 0 radical (unpaired) electrons. The quantitative estimate of drug-likeness (QED) is 0.544. The summed E-state index contributed by atoms with van der Waals surface area (Å²) < 4.78 is 13.9. The van der Waals surface area contributed by atoms with E-state index in [9.17, 15) is 9.36 Å².